The van der Waals surface area contributed by atoms with Crippen LogP contribution in [0.5, 0.6) is 11.5 Å². The normalized spacial score (nSPS) is 11.4. The molecule has 0 aliphatic rings. The molecular weight excluding hydrogens is 576 g/mol. The van der Waals surface area contributed by atoms with Crippen LogP contribution in [-0.2, 0) is 10.1 Å². The number of halogens is 2. The summed E-state index contributed by atoms with van der Waals surface area (Å²) in [7, 11) is -4.71. The number of azo groups is 1. The minimum atomic E-state index is -4.71. The molecule has 4 rings (SSSR count). The van der Waals surface area contributed by atoms with Crippen LogP contribution in [0.15, 0.2) is 75.8 Å². The molecule has 2 N–H and O–H groups in total. The molecule has 0 saturated heterocycles. The molecule has 0 saturated carbocycles. The number of benzene rings is 4. The monoisotopic (exact) mass is 595 g/mol. The van der Waals surface area contributed by atoms with Crippen molar-refractivity contribution in [2.75, 3.05) is 11.9 Å². The van der Waals surface area contributed by atoms with Crippen molar-refractivity contribution < 1.29 is 57.2 Å². The Kier molecular flexibility index (Phi) is 10.0. The molecule has 0 aliphatic carbocycles. The van der Waals surface area contributed by atoms with Crippen molar-refractivity contribution in [2.45, 2.75) is 18.7 Å². The van der Waals surface area contributed by atoms with Crippen LogP contribution in [0.3, 0.4) is 0 Å². The van der Waals surface area contributed by atoms with E-state index in [4.69, 9.17) is 27.9 Å². The van der Waals surface area contributed by atoms with E-state index in [0.29, 0.717) is 23.1 Å². The number of hydrogen-bond acceptors (Lipinski definition) is 7. The smallest absolute Gasteiger partial charge is 0.870 e. The fraction of sp³-hybridized carbons (Fsp3) is 0.115. The van der Waals surface area contributed by atoms with Gasteiger partial charge in [-0.05, 0) is 49.1 Å². The van der Waals surface area contributed by atoms with E-state index in [1.165, 1.54) is 25.1 Å². The Morgan fingerprint density at radius 1 is 1.05 bits per heavy atom. The molecule has 39 heavy (non-hydrogen) atoms. The molecule has 0 unspecified atom stereocenters. The number of carbonyl (C=O) groups is 1. The van der Waals surface area contributed by atoms with E-state index in [1.54, 1.807) is 49.4 Å². The maximum absolute atomic E-state index is 13.5. The van der Waals surface area contributed by atoms with Gasteiger partial charge in [0.05, 0.1) is 23.0 Å². The quantitative estimate of drug-likeness (QED) is 0.189. The maximum atomic E-state index is 13.5. The fourth-order valence-electron chi connectivity index (χ4n) is 3.81. The number of anilines is 1. The van der Waals surface area contributed by atoms with Gasteiger partial charge in [-0.3, -0.25) is 9.35 Å². The molecule has 0 aliphatic heterocycles. The topological polar surface area (TPSA) is 140 Å². The van der Waals surface area contributed by atoms with Crippen molar-refractivity contribution in [3.05, 3.63) is 81.8 Å². The van der Waals surface area contributed by atoms with Gasteiger partial charge in [0, 0.05) is 10.9 Å². The third kappa shape index (κ3) is 6.55. The molecule has 0 spiro atoms. The maximum Gasteiger partial charge on any atom is 1.00 e. The number of nitrogens with one attached hydrogen (secondary N) is 1. The Bertz CT molecular complexity index is 1710. The van der Waals surface area contributed by atoms with Crippen molar-refractivity contribution in [2.24, 2.45) is 10.2 Å². The van der Waals surface area contributed by atoms with Crippen LogP contribution in [-0.4, -0.2) is 25.5 Å². The molecule has 4 aromatic rings. The van der Waals surface area contributed by atoms with Crippen LogP contribution in [0.1, 0.15) is 22.8 Å². The van der Waals surface area contributed by atoms with Crippen LogP contribution in [0.2, 0.25) is 10.0 Å². The van der Waals surface area contributed by atoms with E-state index < -0.39 is 26.7 Å². The van der Waals surface area contributed by atoms with Gasteiger partial charge in [0.2, 0.25) is 0 Å². The zero-order valence-corrected chi connectivity index (χ0v) is 25.4. The predicted molar refractivity (Wildman–Crippen MR) is 144 cm³/mol. The average Bonchev–Trinajstić information content (AvgIpc) is 2.86. The minimum absolute atomic E-state index is 0. The Labute approximate surface area is 256 Å². The molecule has 13 heteroatoms. The Morgan fingerprint density at radius 3 is 2.44 bits per heavy atom. The summed E-state index contributed by atoms with van der Waals surface area (Å²) in [6, 6.07) is 15.7. The van der Waals surface area contributed by atoms with E-state index in [-0.39, 0.29) is 67.8 Å². The number of rotatable bonds is 7. The van der Waals surface area contributed by atoms with Gasteiger partial charge in [-0.15, -0.1) is 5.11 Å². The zero-order chi connectivity index (χ0) is 27.6. The molecule has 9 nitrogen and oxygen atoms in total. The first kappa shape index (κ1) is 30.8. The number of ether oxygens (including phenoxy) is 1. The Balaban J connectivity index is 0.00000420. The Morgan fingerprint density at radius 2 is 1.74 bits per heavy atom. The van der Waals surface area contributed by atoms with Gasteiger partial charge in [0.25, 0.3) is 16.0 Å². The molecule has 0 aromatic heterocycles. The molecule has 0 bridgehead atoms. The van der Waals surface area contributed by atoms with Crippen LogP contribution in [0.4, 0.5) is 17.1 Å². The summed E-state index contributed by atoms with van der Waals surface area (Å²) in [5, 5.41) is 24.9. The molecule has 4 aromatic carbocycles. The van der Waals surface area contributed by atoms with Crippen LogP contribution >= 0.6 is 23.2 Å². The SMILES string of the molecule is CCOc1cccc(NC(=O)c2cc3ccccc3c(N=Nc3c(Cl)ccc(C)c3S(=O)(=O)O)c2[O-])c1Cl.[Na+]. The van der Waals surface area contributed by atoms with Crippen molar-refractivity contribution in [1.82, 2.24) is 0 Å². The number of hydrogen-bond donors (Lipinski definition) is 2. The summed E-state index contributed by atoms with van der Waals surface area (Å²) in [6.45, 7) is 3.61. The summed E-state index contributed by atoms with van der Waals surface area (Å²) in [5.74, 6) is -1.15. The van der Waals surface area contributed by atoms with Gasteiger partial charge in [-0.2, -0.15) is 13.5 Å². The third-order valence-electron chi connectivity index (χ3n) is 5.52. The van der Waals surface area contributed by atoms with Gasteiger partial charge in [0.15, 0.2) is 0 Å². The van der Waals surface area contributed by atoms with Gasteiger partial charge >= 0.3 is 29.6 Å². The molecule has 0 heterocycles. The summed E-state index contributed by atoms with van der Waals surface area (Å²) in [5.41, 5.74) is -0.394. The van der Waals surface area contributed by atoms with Gasteiger partial charge < -0.3 is 15.2 Å². The van der Waals surface area contributed by atoms with E-state index >= 15 is 0 Å². The van der Waals surface area contributed by atoms with Gasteiger partial charge in [0.1, 0.15) is 21.4 Å². The average molecular weight is 596 g/mol. The molecular formula is C26H20Cl2N3NaO6S. The summed E-state index contributed by atoms with van der Waals surface area (Å²) >= 11 is 12.5. The minimum Gasteiger partial charge on any atom is -0.870 e. The van der Waals surface area contributed by atoms with Crippen molar-refractivity contribution >= 4 is 67.1 Å². The van der Waals surface area contributed by atoms with E-state index in [1.807, 2.05) is 0 Å². The van der Waals surface area contributed by atoms with Crippen LogP contribution in [0.25, 0.3) is 10.8 Å². The zero-order valence-electron chi connectivity index (χ0n) is 21.0. The first-order chi connectivity index (χ1) is 18.0. The fourth-order valence-corrected chi connectivity index (χ4v) is 5.16. The standard InChI is InChI=1S/C26H21Cl2N3O6S.Na/c1-3-37-20-10-6-9-19(21(20)28)29-26(33)17-13-15-7-4-5-8-16(15)22(24(17)32)30-31-23-18(27)12-11-14(2)25(23)38(34,35)36;/h4-13,32H,3H2,1-2H3,(H,29,33)(H,34,35,36);/q;+1/p-1. The van der Waals surface area contributed by atoms with Crippen LogP contribution in [0, 0.1) is 6.92 Å². The first-order valence-corrected chi connectivity index (χ1v) is 13.4. The first-order valence-electron chi connectivity index (χ1n) is 11.2. The molecule has 196 valence electrons. The van der Waals surface area contributed by atoms with Gasteiger partial charge in [-0.1, -0.05) is 65.3 Å². The predicted octanol–water partition coefficient (Wildman–Crippen LogP) is 3.85. The Hall–Kier alpha value is -2.70. The molecule has 1 amide bonds. The van der Waals surface area contributed by atoms with Gasteiger partial charge in [-0.25, -0.2) is 0 Å². The second-order valence-electron chi connectivity index (χ2n) is 8.04. The largest absolute Gasteiger partial charge is 1.00 e. The second-order valence-corrected chi connectivity index (χ2v) is 10.2. The van der Waals surface area contributed by atoms with E-state index in [9.17, 15) is 22.9 Å². The number of carbonyl (C=O) groups excluding carboxylic acids is 1. The van der Waals surface area contributed by atoms with E-state index in [0.717, 1.165) is 0 Å². The summed E-state index contributed by atoms with van der Waals surface area (Å²) in [4.78, 5) is 12.7. The van der Waals surface area contributed by atoms with Crippen molar-refractivity contribution in [3.63, 3.8) is 0 Å². The number of amides is 1. The molecule has 0 atom stereocenters. The summed E-state index contributed by atoms with van der Waals surface area (Å²) in [6.07, 6.45) is 0. The van der Waals surface area contributed by atoms with Crippen molar-refractivity contribution in [3.8, 4) is 11.5 Å². The van der Waals surface area contributed by atoms with Crippen LogP contribution < -0.4 is 44.7 Å². The summed E-state index contributed by atoms with van der Waals surface area (Å²) < 4.78 is 39.1. The van der Waals surface area contributed by atoms with Crippen molar-refractivity contribution in [1.29, 1.82) is 0 Å². The second kappa shape index (κ2) is 12.6. The number of fused-ring (bicyclic) bond motifs is 1. The number of aryl methyl sites for hydroxylation is 1. The van der Waals surface area contributed by atoms with E-state index in [2.05, 4.69) is 15.5 Å². The molecule has 0 fully saturated rings. The third-order valence-corrected chi connectivity index (χ3v) is 7.24. The molecule has 0 radical (unpaired) electrons. The number of nitrogens with zero attached hydrogens (tertiary/aromatic N) is 2.